The van der Waals surface area contributed by atoms with Crippen molar-refractivity contribution < 1.29 is 10.0 Å². The molecule has 0 saturated heterocycles. The van der Waals surface area contributed by atoms with Gasteiger partial charge in [-0.1, -0.05) is 109 Å². The minimum Gasteiger partial charge on any atom is -0.423 e. The smallest absolute Gasteiger partial charge is 0.423 e. The summed E-state index contributed by atoms with van der Waals surface area (Å²) in [7, 11) is -1.63. The lowest BCUT2D eigenvalue weighted by molar-refractivity contribution is 0.426. The summed E-state index contributed by atoms with van der Waals surface area (Å²) in [4.78, 5) is 14.1. The summed E-state index contributed by atoms with van der Waals surface area (Å²) in [6.45, 7) is 0. The molecule has 4 aromatic carbocycles. The van der Waals surface area contributed by atoms with Crippen LogP contribution in [0, 0.1) is 0 Å². The van der Waals surface area contributed by atoms with Gasteiger partial charge in [-0.05, 0) is 16.6 Å². The van der Waals surface area contributed by atoms with Gasteiger partial charge in [0.2, 0.25) is 0 Å². The quantitative estimate of drug-likeness (QED) is 0.409. The van der Waals surface area contributed by atoms with Gasteiger partial charge in [-0.2, -0.15) is 0 Å². The number of hydrogen-bond acceptors (Lipinski definition) is 5. The van der Waals surface area contributed by atoms with Crippen molar-refractivity contribution in [3.8, 4) is 45.3 Å². The largest absolute Gasteiger partial charge is 0.489 e. The van der Waals surface area contributed by atoms with Crippen molar-refractivity contribution in [2.75, 3.05) is 0 Å². The van der Waals surface area contributed by atoms with Gasteiger partial charge >= 0.3 is 7.12 Å². The first-order chi connectivity index (χ1) is 16.2. The van der Waals surface area contributed by atoms with Gasteiger partial charge in [0.25, 0.3) is 0 Å². The summed E-state index contributed by atoms with van der Waals surface area (Å²) in [5, 5.41) is 19.7. The Labute approximate surface area is 192 Å². The Hall–Kier alpha value is -4.13. The SMILES string of the molecule is OB(O)c1ccccc1-c1nc(-c2ccccc2)nc(-c2ccc(-c3ccccc3)cc2)n1. The highest BCUT2D eigenvalue weighted by Gasteiger charge is 2.20. The first-order valence-electron chi connectivity index (χ1n) is 10.6. The van der Waals surface area contributed by atoms with Crippen molar-refractivity contribution in [3.05, 3.63) is 109 Å². The van der Waals surface area contributed by atoms with Crippen LogP contribution in [0.15, 0.2) is 109 Å². The maximum atomic E-state index is 9.86. The van der Waals surface area contributed by atoms with Crippen molar-refractivity contribution in [3.63, 3.8) is 0 Å². The van der Waals surface area contributed by atoms with Crippen molar-refractivity contribution in [1.82, 2.24) is 15.0 Å². The van der Waals surface area contributed by atoms with Crippen LogP contribution in [0.3, 0.4) is 0 Å². The predicted molar refractivity (Wildman–Crippen MR) is 131 cm³/mol. The minimum atomic E-state index is -1.63. The molecule has 158 valence electrons. The molecule has 0 bridgehead atoms. The van der Waals surface area contributed by atoms with E-state index in [9.17, 15) is 10.0 Å². The maximum Gasteiger partial charge on any atom is 0.489 e. The third-order valence-corrected chi connectivity index (χ3v) is 5.40. The zero-order chi connectivity index (χ0) is 22.6. The topological polar surface area (TPSA) is 79.1 Å². The Morgan fingerprint density at radius 3 is 1.45 bits per heavy atom. The number of nitrogens with zero attached hydrogens (tertiary/aromatic N) is 3. The van der Waals surface area contributed by atoms with Crippen molar-refractivity contribution >= 4 is 12.6 Å². The fourth-order valence-corrected chi connectivity index (χ4v) is 3.71. The maximum absolute atomic E-state index is 9.86. The average Bonchev–Trinajstić information content (AvgIpc) is 2.89. The zero-order valence-electron chi connectivity index (χ0n) is 17.7. The molecule has 0 aliphatic heterocycles. The molecule has 0 unspecified atom stereocenters. The Morgan fingerprint density at radius 2 is 0.848 bits per heavy atom. The van der Waals surface area contributed by atoms with E-state index in [-0.39, 0.29) is 0 Å². The second-order valence-electron chi connectivity index (χ2n) is 7.58. The molecular formula is C27H20BN3O2. The molecule has 0 saturated carbocycles. The van der Waals surface area contributed by atoms with Gasteiger partial charge in [0.1, 0.15) is 0 Å². The van der Waals surface area contributed by atoms with Gasteiger partial charge in [-0.15, -0.1) is 0 Å². The molecule has 6 heteroatoms. The van der Waals surface area contributed by atoms with Crippen LogP contribution >= 0.6 is 0 Å². The van der Waals surface area contributed by atoms with Crippen LogP contribution < -0.4 is 5.46 Å². The van der Waals surface area contributed by atoms with Gasteiger partial charge in [0.15, 0.2) is 17.5 Å². The summed E-state index contributed by atoms with van der Waals surface area (Å²) < 4.78 is 0. The number of rotatable bonds is 5. The van der Waals surface area contributed by atoms with Crippen LogP contribution in [0.2, 0.25) is 0 Å². The third kappa shape index (κ3) is 4.43. The first kappa shape index (κ1) is 20.8. The molecule has 5 aromatic rings. The van der Waals surface area contributed by atoms with Crippen molar-refractivity contribution in [2.24, 2.45) is 0 Å². The predicted octanol–water partition coefficient (Wildman–Crippen LogP) is 4.22. The van der Waals surface area contributed by atoms with Crippen LogP contribution in [-0.2, 0) is 0 Å². The van der Waals surface area contributed by atoms with Gasteiger partial charge in [0, 0.05) is 16.7 Å². The molecule has 0 spiro atoms. The van der Waals surface area contributed by atoms with Crippen LogP contribution in [0.5, 0.6) is 0 Å². The van der Waals surface area contributed by atoms with Gasteiger partial charge in [-0.25, -0.2) is 15.0 Å². The molecule has 0 aliphatic rings. The molecular weight excluding hydrogens is 409 g/mol. The summed E-state index contributed by atoms with van der Waals surface area (Å²) in [5.74, 6) is 1.42. The lowest BCUT2D eigenvalue weighted by Gasteiger charge is -2.11. The van der Waals surface area contributed by atoms with E-state index in [0.717, 1.165) is 22.3 Å². The molecule has 5 nitrogen and oxygen atoms in total. The summed E-state index contributed by atoms with van der Waals surface area (Å²) in [6, 6.07) is 34.9. The lowest BCUT2D eigenvalue weighted by atomic mass is 9.77. The Bertz CT molecular complexity index is 1380. The molecule has 0 fully saturated rings. The summed E-state index contributed by atoms with van der Waals surface area (Å²) in [5.41, 5.74) is 4.83. The first-order valence-corrected chi connectivity index (χ1v) is 10.6. The molecule has 2 N–H and O–H groups in total. The van der Waals surface area contributed by atoms with Crippen molar-refractivity contribution in [2.45, 2.75) is 0 Å². The van der Waals surface area contributed by atoms with Crippen LogP contribution in [0.1, 0.15) is 0 Å². The van der Waals surface area contributed by atoms with Gasteiger partial charge in [-0.3, -0.25) is 0 Å². The zero-order valence-corrected chi connectivity index (χ0v) is 17.7. The number of hydrogen-bond donors (Lipinski definition) is 2. The molecule has 1 aromatic heterocycles. The Balaban J connectivity index is 1.64. The van der Waals surface area contributed by atoms with Gasteiger partial charge < -0.3 is 10.0 Å². The number of benzene rings is 4. The monoisotopic (exact) mass is 429 g/mol. The summed E-state index contributed by atoms with van der Waals surface area (Å²) in [6.07, 6.45) is 0. The van der Waals surface area contributed by atoms with Crippen LogP contribution in [0.4, 0.5) is 0 Å². The minimum absolute atomic E-state index is 0.341. The molecule has 0 amide bonds. The van der Waals surface area contributed by atoms with Crippen LogP contribution in [-0.4, -0.2) is 32.1 Å². The lowest BCUT2D eigenvalue weighted by Crippen LogP contribution is -2.31. The van der Waals surface area contributed by atoms with Crippen molar-refractivity contribution in [1.29, 1.82) is 0 Å². The van der Waals surface area contributed by atoms with Gasteiger partial charge in [0.05, 0.1) is 0 Å². The fourth-order valence-electron chi connectivity index (χ4n) is 3.71. The van der Waals surface area contributed by atoms with E-state index in [2.05, 4.69) is 17.1 Å². The van der Waals surface area contributed by atoms with E-state index < -0.39 is 7.12 Å². The van der Waals surface area contributed by atoms with E-state index in [1.807, 2.05) is 78.9 Å². The Morgan fingerprint density at radius 1 is 0.424 bits per heavy atom. The van der Waals surface area contributed by atoms with E-state index in [1.165, 1.54) is 0 Å². The molecule has 33 heavy (non-hydrogen) atoms. The van der Waals surface area contributed by atoms with E-state index in [4.69, 9.17) is 9.97 Å². The second-order valence-corrected chi connectivity index (χ2v) is 7.58. The Kier molecular flexibility index (Phi) is 5.76. The van der Waals surface area contributed by atoms with E-state index in [1.54, 1.807) is 18.2 Å². The van der Waals surface area contributed by atoms with Crippen LogP contribution in [0.25, 0.3) is 45.3 Å². The number of aromatic nitrogens is 3. The summed E-state index contributed by atoms with van der Waals surface area (Å²) >= 11 is 0. The molecule has 0 atom stereocenters. The standard InChI is InChI=1S/C27H20BN3O2/c32-28(33)24-14-8-7-13-23(24)27-30-25(21-11-5-2-6-12-21)29-26(31-27)22-17-15-20(16-18-22)19-9-3-1-4-10-19/h1-18,32-33H. The average molecular weight is 429 g/mol. The normalized spacial score (nSPS) is 10.7. The van der Waals surface area contributed by atoms with E-state index >= 15 is 0 Å². The second kappa shape index (κ2) is 9.16. The molecule has 5 rings (SSSR count). The highest BCUT2D eigenvalue weighted by molar-refractivity contribution is 6.60. The third-order valence-electron chi connectivity index (χ3n) is 5.40. The molecule has 0 radical (unpaired) electrons. The molecule has 1 heterocycles. The van der Waals surface area contributed by atoms with E-state index in [0.29, 0.717) is 28.5 Å². The highest BCUT2D eigenvalue weighted by Crippen LogP contribution is 2.26. The molecule has 0 aliphatic carbocycles. The highest BCUT2D eigenvalue weighted by atomic mass is 16.4. The fraction of sp³-hybridized carbons (Fsp3) is 0.